The van der Waals surface area contributed by atoms with Gasteiger partial charge in [0.05, 0.1) is 6.26 Å². The van der Waals surface area contributed by atoms with Gasteiger partial charge >= 0.3 is 0 Å². The van der Waals surface area contributed by atoms with Crippen LogP contribution in [0.2, 0.25) is 5.02 Å². The van der Waals surface area contributed by atoms with Crippen LogP contribution in [0, 0.1) is 10.7 Å². The van der Waals surface area contributed by atoms with E-state index in [1.165, 1.54) is 10.9 Å². The molecule has 1 aromatic carbocycles. The van der Waals surface area contributed by atoms with E-state index in [1.807, 2.05) is 24.3 Å². The highest BCUT2D eigenvalue weighted by Crippen LogP contribution is 2.49. The molecule has 2 atom stereocenters. The molecule has 1 fully saturated rings. The van der Waals surface area contributed by atoms with Gasteiger partial charge in [-0.2, -0.15) is 0 Å². The number of nitrogens with zero attached hydrogens (tertiary/aromatic N) is 2. The average Bonchev–Trinajstić information content (AvgIpc) is 3.02. The number of carbonyl (C=O) groups excluding carboxylic acids is 1. The van der Waals surface area contributed by atoms with E-state index in [0.717, 1.165) is 12.0 Å². The first-order valence-electron chi connectivity index (χ1n) is 7.41. The second kappa shape index (κ2) is 5.92. The van der Waals surface area contributed by atoms with Gasteiger partial charge in [0.15, 0.2) is 5.76 Å². The SMILES string of the molecule is O=C(Nn1c(-c2ccco2)n[nH]c1=S)C1CC1c1ccccc1Cl. The van der Waals surface area contributed by atoms with E-state index in [-0.39, 0.29) is 17.7 Å². The number of hydrogen-bond donors (Lipinski definition) is 2. The van der Waals surface area contributed by atoms with E-state index >= 15 is 0 Å². The maximum absolute atomic E-state index is 12.5. The molecule has 8 heteroatoms. The van der Waals surface area contributed by atoms with Crippen molar-refractivity contribution in [1.82, 2.24) is 14.9 Å². The number of benzene rings is 1. The van der Waals surface area contributed by atoms with Gasteiger partial charge in [-0.25, -0.2) is 9.77 Å². The Balaban J connectivity index is 1.54. The first-order chi connectivity index (χ1) is 11.6. The fourth-order valence-corrected chi connectivity index (χ4v) is 3.22. The number of carbonyl (C=O) groups is 1. The smallest absolute Gasteiger partial charge is 0.242 e. The first-order valence-corrected chi connectivity index (χ1v) is 8.20. The third-order valence-electron chi connectivity index (χ3n) is 4.07. The van der Waals surface area contributed by atoms with Crippen molar-refractivity contribution >= 4 is 29.7 Å². The predicted octanol–water partition coefficient (Wildman–Crippen LogP) is 3.73. The molecule has 1 aliphatic carbocycles. The Morgan fingerprint density at radius 3 is 2.96 bits per heavy atom. The van der Waals surface area contributed by atoms with Crippen LogP contribution in [-0.4, -0.2) is 20.8 Å². The molecule has 3 aromatic rings. The third-order valence-corrected chi connectivity index (χ3v) is 4.69. The monoisotopic (exact) mass is 360 g/mol. The van der Waals surface area contributed by atoms with Crippen LogP contribution in [0.15, 0.2) is 47.1 Å². The molecule has 2 N–H and O–H groups in total. The Morgan fingerprint density at radius 1 is 1.38 bits per heavy atom. The van der Waals surface area contributed by atoms with E-state index in [1.54, 1.807) is 12.1 Å². The molecule has 1 saturated carbocycles. The summed E-state index contributed by atoms with van der Waals surface area (Å²) in [6.07, 6.45) is 2.30. The third kappa shape index (κ3) is 2.65. The van der Waals surface area contributed by atoms with Gasteiger partial charge in [-0.15, -0.1) is 5.10 Å². The van der Waals surface area contributed by atoms with Gasteiger partial charge < -0.3 is 4.42 Å². The van der Waals surface area contributed by atoms with E-state index in [0.29, 0.717) is 21.4 Å². The second-order valence-corrected chi connectivity index (χ2v) is 6.41. The average molecular weight is 361 g/mol. The van der Waals surface area contributed by atoms with Crippen LogP contribution in [0.5, 0.6) is 0 Å². The van der Waals surface area contributed by atoms with Gasteiger partial charge in [0, 0.05) is 10.9 Å². The molecular formula is C16H13ClN4O2S. The Labute approximate surface area is 147 Å². The minimum absolute atomic E-state index is 0.120. The molecule has 24 heavy (non-hydrogen) atoms. The van der Waals surface area contributed by atoms with E-state index < -0.39 is 0 Å². The van der Waals surface area contributed by atoms with Crippen molar-refractivity contribution in [2.24, 2.45) is 5.92 Å². The maximum atomic E-state index is 12.5. The summed E-state index contributed by atoms with van der Waals surface area (Å²) in [4.78, 5) is 12.5. The van der Waals surface area contributed by atoms with Crippen LogP contribution in [0.1, 0.15) is 17.9 Å². The number of nitrogens with one attached hydrogen (secondary N) is 2. The number of amides is 1. The van der Waals surface area contributed by atoms with Crippen molar-refractivity contribution in [2.75, 3.05) is 5.43 Å². The van der Waals surface area contributed by atoms with E-state index in [9.17, 15) is 4.79 Å². The maximum Gasteiger partial charge on any atom is 0.242 e. The summed E-state index contributed by atoms with van der Waals surface area (Å²) in [5.41, 5.74) is 3.81. The number of H-pyrrole nitrogens is 1. The summed E-state index contributed by atoms with van der Waals surface area (Å²) in [5.74, 6) is 0.817. The van der Waals surface area contributed by atoms with Gasteiger partial charge in [0.1, 0.15) is 0 Å². The van der Waals surface area contributed by atoms with Gasteiger partial charge in [-0.3, -0.25) is 10.2 Å². The number of rotatable bonds is 4. The highest BCUT2D eigenvalue weighted by atomic mass is 35.5. The number of aromatic amines is 1. The zero-order chi connectivity index (χ0) is 16.7. The highest BCUT2D eigenvalue weighted by molar-refractivity contribution is 7.71. The Morgan fingerprint density at radius 2 is 2.21 bits per heavy atom. The molecule has 0 radical (unpaired) electrons. The summed E-state index contributed by atoms with van der Waals surface area (Å²) in [5, 5.41) is 7.45. The number of hydrogen-bond acceptors (Lipinski definition) is 4. The molecule has 6 nitrogen and oxygen atoms in total. The van der Waals surface area contributed by atoms with Crippen LogP contribution in [0.3, 0.4) is 0 Å². The Bertz CT molecular complexity index is 947. The lowest BCUT2D eigenvalue weighted by molar-refractivity contribution is -0.118. The highest BCUT2D eigenvalue weighted by Gasteiger charge is 2.45. The van der Waals surface area contributed by atoms with Crippen molar-refractivity contribution in [1.29, 1.82) is 0 Å². The largest absolute Gasteiger partial charge is 0.461 e. The summed E-state index contributed by atoms with van der Waals surface area (Å²) in [6, 6.07) is 11.1. The molecule has 2 heterocycles. The molecule has 1 aliphatic rings. The topological polar surface area (TPSA) is 75.8 Å². The molecular weight excluding hydrogens is 348 g/mol. The van der Waals surface area contributed by atoms with E-state index in [2.05, 4.69) is 15.6 Å². The molecule has 2 unspecified atom stereocenters. The molecule has 0 aliphatic heterocycles. The molecule has 2 aromatic heterocycles. The predicted molar refractivity (Wildman–Crippen MR) is 91.8 cm³/mol. The Hall–Kier alpha value is -2.38. The van der Waals surface area contributed by atoms with Crippen molar-refractivity contribution in [3.05, 3.63) is 58.0 Å². The Kier molecular flexibility index (Phi) is 3.74. The lowest BCUT2D eigenvalue weighted by Gasteiger charge is -2.08. The molecule has 4 rings (SSSR count). The minimum Gasteiger partial charge on any atom is -0.461 e. The van der Waals surface area contributed by atoms with Crippen LogP contribution in [-0.2, 0) is 4.79 Å². The van der Waals surface area contributed by atoms with Crippen LogP contribution >= 0.6 is 23.8 Å². The summed E-state index contributed by atoms with van der Waals surface area (Å²) >= 11 is 11.4. The van der Waals surface area contributed by atoms with Crippen molar-refractivity contribution in [2.45, 2.75) is 12.3 Å². The summed E-state index contributed by atoms with van der Waals surface area (Å²) in [6.45, 7) is 0. The van der Waals surface area contributed by atoms with Crippen LogP contribution in [0.25, 0.3) is 11.6 Å². The summed E-state index contributed by atoms with van der Waals surface area (Å²) < 4.78 is 7.04. The number of furan rings is 1. The van der Waals surface area contributed by atoms with Gasteiger partial charge in [-0.05, 0) is 48.3 Å². The fourth-order valence-electron chi connectivity index (χ4n) is 2.77. The standard InChI is InChI=1S/C16H13ClN4O2S/c17-12-5-2-1-4-9(12)10-8-11(10)15(22)20-21-14(18-19-16(21)24)13-6-3-7-23-13/h1-7,10-11H,8H2,(H,19,24)(H,20,22). The van der Waals surface area contributed by atoms with Gasteiger partial charge in [-0.1, -0.05) is 29.8 Å². The quantitative estimate of drug-likeness (QED) is 0.695. The van der Waals surface area contributed by atoms with Crippen LogP contribution < -0.4 is 5.43 Å². The molecule has 0 spiro atoms. The number of halogens is 1. The lowest BCUT2D eigenvalue weighted by atomic mass is 10.1. The molecule has 0 saturated heterocycles. The normalized spacial score (nSPS) is 19.2. The zero-order valence-corrected chi connectivity index (χ0v) is 14.0. The van der Waals surface area contributed by atoms with Crippen LogP contribution in [0.4, 0.5) is 0 Å². The second-order valence-electron chi connectivity index (χ2n) is 5.61. The first kappa shape index (κ1) is 15.2. The lowest BCUT2D eigenvalue weighted by Crippen LogP contribution is -2.25. The molecule has 122 valence electrons. The van der Waals surface area contributed by atoms with Crippen molar-refractivity contribution < 1.29 is 9.21 Å². The zero-order valence-electron chi connectivity index (χ0n) is 12.4. The van der Waals surface area contributed by atoms with Gasteiger partial charge in [0.25, 0.3) is 0 Å². The minimum atomic E-state index is -0.133. The molecule has 1 amide bonds. The van der Waals surface area contributed by atoms with Gasteiger partial charge in [0.2, 0.25) is 16.5 Å². The van der Waals surface area contributed by atoms with Crippen molar-refractivity contribution in [3.8, 4) is 11.6 Å². The number of aromatic nitrogens is 3. The molecule has 0 bridgehead atoms. The van der Waals surface area contributed by atoms with E-state index in [4.69, 9.17) is 28.2 Å². The summed E-state index contributed by atoms with van der Waals surface area (Å²) in [7, 11) is 0. The van der Waals surface area contributed by atoms with Crippen molar-refractivity contribution in [3.63, 3.8) is 0 Å². The fraction of sp³-hybridized carbons (Fsp3) is 0.188.